The van der Waals surface area contributed by atoms with Gasteiger partial charge in [0.25, 0.3) is 0 Å². The summed E-state index contributed by atoms with van der Waals surface area (Å²) in [6, 6.07) is 3.00. The number of carbonyl (C=O) groups excluding carboxylic acids is 1. The Balaban J connectivity index is 2.20. The molecule has 0 saturated heterocycles. The highest BCUT2D eigenvalue weighted by Gasteiger charge is 2.11. The normalized spacial score (nSPS) is 11.1. The van der Waals surface area contributed by atoms with Crippen LogP contribution >= 0.6 is 15.9 Å². The Labute approximate surface area is 117 Å². The summed E-state index contributed by atoms with van der Waals surface area (Å²) in [6.45, 7) is 0.619. The fourth-order valence-corrected chi connectivity index (χ4v) is 2.27. The number of halogens is 2. The van der Waals surface area contributed by atoms with E-state index in [0.29, 0.717) is 35.3 Å². The quantitative estimate of drug-likeness (QED) is 0.824. The maximum absolute atomic E-state index is 13.4. The number of aryl methyl sites for hydroxylation is 1. The number of nitrogens with zero attached hydrogens (tertiary/aromatic N) is 2. The molecule has 2 aromatic rings. The van der Waals surface area contributed by atoms with Gasteiger partial charge in [0.15, 0.2) is 0 Å². The first-order valence-electron chi connectivity index (χ1n) is 5.88. The lowest BCUT2D eigenvalue weighted by Gasteiger charge is -2.06. The largest absolute Gasteiger partial charge is 0.370 e. The van der Waals surface area contributed by atoms with Gasteiger partial charge in [-0.15, -0.1) is 0 Å². The first kappa shape index (κ1) is 13.8. The van der Waals surface area contributed by atoms with Crippen molar-refractivity contribution in [1.29, 1.82) is 0 Å². The zero-order valence-electron chi connectivity index (χ0n) is 10.2. The van der Waals surface area contributed by atoms with Crippen molar-refractivity contribution < 1.29 is 9.18 Å². The van der Waals surface area contributed by atoms with E-state index in [0.717, 1.165) is 11.9 Å². The molecule has 0 spiro atoms. The number of fused-ring (bicyclic) bond motifs is 1. The molecule has 0 atom stereocenters. The van der Waals surface area contributed by atoms with E-state index in [1.807, 2.05) is 0 Å². The van der Waals surface area contributed by atoms with E-state index in [9.17, 15) is 9.18 Å². The zero-order chi connectivity index (χ0) is 14.0. The second kappa shape index (κ2) is 5.56. The van der Waals surface area contributed by atoms with Crippen LogP contribution in [0.25, 0.3) is 11.0 Å². The average Bonchev–Trinajstić information content (AvgIpc) is 2.61. The summed E-state index contributed by atoms with van der Waals surface area (Å²) in [4.78, 5) is 14.8. The molecule has 0 unspecified atom stereocenters. The van der Waals surface area contributed by atoms with Crippen LogP contribution < -0.4 is 11.5 Å². The van der Waals surface area contributed by atoms with Gasteiger partial charge in [-0.3, -0.25) is 4.79 Å². The van der Waals surface area contributed by atoms with Crippen LogP contribution in [-0.2, 0) is 11.3 Å². The lowest BCUT2D eigenvalue weighted by atomic mass is 10.2. The third kappa shape index (κ3) is 3.04. The zero-order valence-corrected chi connectivity index (χ0v) is 11.8. The SMILES string of the molecule is NC(=O)CCCCn1c(N)nc2cc(F)c(Br)cc21. The maximum Gasteiger partial charge on any atom is 0.217 e. The van der Waals surface area contributed by atoms with Gasteiger partial charge in [0, 0.05) is 19.0 Å². The summed E-state index contributed by atoms with van der Waals surface area (Å²) in [7, 11) is 0. The van der Waals surface area contributed by atoms with Gasteiger partial charge in [-0.2, -0.15) is 0 Å². The van der Waals surface area contributed by atoms with E-state index in [-0.39, 0.29) is 11.7 Å². The number of carbonyl (C=O) groups is 1. The third-order valence-electron chi connectivity index (χ3n) is 2.87. The Morgan fingerprint density at radius 1 is 1.42 bits per heavy atom. The molecule has 0 radical (unpaired) electrons. The third-order valence-corrected chi connectivity index (χ3v) is 3.48. The molecular formula is C12H14BrFN4O. The number of benzene rings is 1. The minimum absolute atomic E-state index is 0.312. The lowest BCUT2D eigenvalue weighted by Crippen LogP contribution is -2.10. The van der Waals surface area contributed by atoms with Crippen molar-refractivity contribution in [3.8, 4) is 0 Å². The number of nitrogens with two attached hydrogens (primary N) is 2. The van der Waals surface area contributed by atoms with E-state index in [1.165, 1.54) is 6.07 Å². The minimum Gasteiger partial charge on any atom is -0.370 e. The Hall–Kier alpha value is -1.63. The monoisotopic (exact) mass is 328 g/mol. The van der Waals surface area contributed by atoms with Crippen molar-refractivity contribution in [2.24, 2.45) is 5.73 Å². The number of primary amides is 1. The molecule has 1 amide bonds. The van der Waals surface area contributed by atoms with E-state index in [4.69, 9.17) is 11.5 Å². The van der Waals surface area contributed by atoms with E-state index < -0.39 is 0 Å². The molecule has 1 heterocycles. The van der Waals surface area contributed by atoms with Crippen LogP contribution in [-0.4, -0.2) is 15.5 Å². The molecule has 7 heteroatoms. The number of unbranched alkanes of at least 4 members (excludes halogenated alkanes) is 1. The Morgan fingerprint density at radius 2 is 2.16 bits per heavy atom. The van der Waals surface area contributed by atoms with Gasteiger partial charge in [0.2, 0.25) is 11.9 Å². The fraction of sp³-hybridized carbons (Fsp3) is 0.333. The molecule has 0 fully saturated rings. The second-order valence-corrected chi connectivity index (χ2v) is 5.15. The van der Waals surface area contributed by atoms with Crippen LogP contribution in [0.3, 0.4) is 0 Å². The lowest BCUT2D eigenvalue weighted by molar-refractivity contribution is -0.118. The molecular weight excluding hydrogens is 315 g/mol. The number of anilines is 1. The summed E-state index contributed by atoms with van der Waals surface area (Å²) in [5.74, 6) is -0.342. The van der Waals surface area contributed by atoms with Crippen molar-refractivity contribution in [2.45, 2.75) is 25.8 Å². The van der Waals surface area contributed by atoms with Gasteiger partial charge in [-0.1, -0.05) is 0 Å². The first-order chi connectivity index (χ1) is 8.99. The maximum atomic E-state index is 13.4. The molecule has 2 rings (SSSR count). The summed E-state index contributed by atoms with van der Waals surface area (Å²) in [5, 5.41) is 0. The van der Waals surface area contributed by atoms with Crippen molar-refractivity contribution in [2.75, 3.05) is 5.73 Å². The van der Waals surface area contributed by atoms with Gasteiger partial charge in [-0.25, -0.2) is 9.37 Å². The number of hydrogen-bond acceptors (Lipinski definition) is 3. The van der Waals surface area contributed by atoms with Gasteiger partial charge >= 0.3 is 0 Å². The summed E-state index contributed by atoms with van der Waals surface area (Å²) >= 11 is 3.14. The standard InChI is InChI=1S/C12H14BrFN4O/c13-7-5-10-9(6-8(7)14)17-12(16)18(10)4-2-1-3-11(15)19/h5-6H,1-4H2,(H2,15,19)(H2,16,17). The van der Waals surface area contributed by atoms with Crippen LogP contribution in [0.4, 0.5) is 10.3 Å². The minimum atomic E-state index is -0.370. The Kier molecular flexibility index (Phi) is 4.04. The van der Waals surface area contributed by atoms with Crippen molar-refractivity contribution in [1.82, 2.24) is 9.55 Å². The van der Waals surface area contributed by atoms with Crippen molar-refractivity contribution >= 4 is 38.8 Å². The summed E-state index contributed by atoms with van der Waals surface area (Å²) in [5.41, 5.74) is 12.2. The number of imidazole rings is 1. The van der Waals surface area contributed by atoms with E-state index >= 15 is 0 Å². The van der Waals surface area contributed by atoms with Gasteiger partial charge in [0.1, 0.15) is 5.82 Å². The molecule has 19 heavy (non-hydrogen) atoms. The second-order valence-electron chi connectivity index (χ2n) is 4.30. The van der Waals surface area contributed by atoms with Gasteiger partial charge in [0.05, 0.1) is 15.5 Å². The Bertz CT molecular complexity index is 626. The molecule has 102 valence electrons. The molecule has 0 aliphatic rings. The Morgan fingerprint density at radius 3 is 2.84 bits per heavy atom. The van der Waals surface area contributed by atoms with E-state index in [2.05, 4.69) is 20.9 Å². The van der Waals surface area contributed by atoms with E-state index in [1.54, 1.807) is 10.6 Å². The number of hydrogen-bond donors (Lipinski definition) is 2. The summed E-state index contributed by atoms with van der Waals surface area (Å²) in [6.07, 6.45) is 1.80. The predicted octanol–water partition coefficient (Wildman–Crippen LogP) is 2.18. The fourth-order valence-electron chi connectivity index (χ4n) is 1.94. The highest BCUT2D eigenvalue weighted by molar-refractivity contribution is 9.10. The number of amides is 1. The van der Waals surface area contributed by atoms with Gasteiger partial charge in [-0.05, 0) is 34.8 Å². The molecule has 1 aromatic heterocycles. The molecule has 0 aliphatic heterocycles. The molecule has 1 aromatic carbocycles. The molecule has 0 bridgehead atoms. The topological polar surface area (TPSA) is 86.9 Å². The molecule has 4 N–H and O–H groups in total. The molecule has 0 aliphatic carbocycles. The average molecular weight is 329 g/mol. The van der Waals surface area contributed by atoms with Crippen molar-refractivity contribution in [3.63, 3.8) is 0 Å². The van der Waals surface area contributed by atoms with Crippen molar-refractivity contribution in [3.05, 3.63) is 22.4 Å². The molecule has 0 saturated carbocycles. The number of aromatic nitrogens is 2. The van der Waals surface area contributed by atoms with Crippen LogP contribution in [0.1, 0.15) is 19.3 Å². The van der Waals surface area contributed by atoms with Crippen LogP contribution in [0.15, 0.2) is 16.6 Å². The number of rotatable bonds is 5. The number of nitrogen functional groups attached to an aromatic ring is 1. The van der Waals surface area contributed by atoms with Crippen LogP contribution in [0, 0.1) is 5.82 Å². The highest BCUT2D eigenvalue weighted by atomic mass is 79.9. The smallest absolute Gasteiger partial charge is 0.217 e. The predicted molar refractivity (Wildman–Crippen MR) is 74.8 cm³/mol. The van der Waals surface area contributed by atoms with Crippen LogP contribution in [0.2, 0.25) is 0 Å². The summed E-state index contributed by atoms with van der Waals surface area (Å²) < 4.78 is 15.6. The first-order valence-corrected chi connectivity index (χ1v) is 6.67. The molecule has 5 nitrogen and oxygen atoms in total. The highest BCUT2D eigenvalue weighted by Crippen LogP contribution is 2.25. The van der Waals surface area contributed by atoms with Crippen LogP contribution in [0.5, 0.6) is 0 Å². The van der Waals surface area contributed by atoms with Gasteiger partial charge < -0.3 is 16.0 Å².